The highest BCUT2D eigenvalue weighted by atomic mass is 16.6. The number of benzene rings is 1. The number of hydrazine groups is 1. The number of carbonyl (C=O) groups is 3. The third-order valence-corrected chi connectivity index (χ3v) is 2.84. The predicted molar refractivity (Wildman–Crippen MR) is 79.7 cm³/mol. The summed E-state index contributed by atoms with van der Waals surface area (Å²) in [6.07, 6.45) is 1.08. The molecular formula is C14H13N3O8. The number of nitrogens with one attached hydrogen (secondary N) is 2. The van der Waals surface area contributed by atoms with E-state index >= 15 is 0 Å². The second kappa shape index (κ2) is 8.29. The number of hydrogen-bond donors (Lipinski definition) is 2. The predicted octanol–water partition coefficient (Wildman–Crippen LogP) is -0.213. The molecule has 1 aromatic rings. The van der Waals surface area contributed by atoms with Crippen LogP contribution in [0.25, 0.3) is 0 Å². The summed E-state index contributed by atoms with van der Waals surface area (Å²) in [6, 6.07) is 4.76. The lowest BCUT2D eigenvalue weighted by atomic mass is 10.2. The first-order valence-corrected chi connectivity index (χ1v) is 6.92. The molecule has 2 amide bonds. The molecule has 0 atom stereocenters. The average molecular weight is 351 g/mol. The van der Waals surface area contributed by atoms with Gasteiger partial charge in [-0.25, -0.2) is 4.79 Å². The largest absolute Gasteiger partial charge is 0.493 e. The minimum Gasteiger partial charge on any atom is -0.493 e. The van der Waals surface area contributed by atoms with Crippen LogP contribution < -0.4 is 10.9 Å². The topological polar surface area (TPSA) is 146 Å². The van der Waals surface area contributed by atoms with Gasteiger partial charge in [0.05, 0.1) is 4.92 Å². The summed E-state index contributed by atoms with van der Waals surface area (Å²) in [4.78, 5) is 44.7. The monoisotopic (exact) mass is 351 g/mol. The van der Waals surface area contributed by atoms with Gasteiger partial charge in [0, 0.05) is 17.7 Å². The number of esters is 1. The lowest BCUT2D eigenvalue weighted by Gasteiger charge is -2.14. The van der Waals surface area contributed by atoms with Crippen molar-refractivity contribution in [2.75, 3.05) is 19.8 Å². The maximum Gasteiger partial charge on any atom is 0.377 e. The molecule has 0 unspecified atom stereocenters. The number of amides is 2. The maximum atomic E-state index is 11.8. The molecule has 0 bridgehead atoms. The van der Waals surface area contributed by atoms with Gasteiger partial charge in [0.15, 0.2) is 6.61 Å². The third kappa shape index (κ3) is 5.20. The second-order valence-corrected chi connectivity index (χ2v) is 4.58. The number of nitrogens with zero attached hydrogens (tertiary/aromatic N) is 1. The van der Waals surface area contributed by atoms with Gasteiger partial charge in [0.2, 0.25) is 5.76 Å². The van der Waals surface area contributed by atoms with Crippen molar-refractivity contribution in [3.8, 4) is 0 Å². The Balaban J connectivity index is 1.75. The van der Waals surface area contributed by atoms with Gasteiger partial charge in [-0.1, -0.05) is 0 Å². The highest BCUT2D eigenvalue weighted by Crippen LogP contribution is 2.11. The van der Waals surface area contributed by atoms with Crippen molar-refractivity contribution < 1.29 is 33.5 Å². The van der Waals surface area contributed by atoms with Gasteiger partial charge in [-0.15, -0.1) is 0 Å². The molecule has 1 aliphatic rings. The van der Waals surface area contributed by atoms with Gasteiger partial charge in [-0.3, -0.25) is 30.6 Å². The molecule has 132 valence electrons. The third-order valence-electron chi connectivity index (χ3n) is 2.84. The number of nitro groups is 1. The lowest BCUT2D eigenvalue weighted by molar-refractivity contribution is -0.384. The van der Waals surface area contributed by atoms with Crippen molar-refractivity contribution >= 4 is 23.5 Å². The van der Waals surface area contributed by atoms with Crippen LogP contribution in [0.3, 0.4) is 0 Å². The summed E-state index contributed by atoms with van der Waals surface area (Å²) < 4.78 is 14.5. The first-order chi connectivity index (χ1) is 12.0. The van der Waals surface area contributed by atoms with Gasteiger partial charge < -0.3 is 14.2 Å². The summed E-state index contributed by atoms with van der Waals surface area (Å²) in [5, 5.41) is 10.5. The van der Waals surface area contributed by atoms with Crippen LogP contribution in [-0.2, 0) is 23.8 Å². The Bertz CT molecular complexity index is 713. The van der Waals surface area contributed by atoms with Gasteiger partial charge >= 0.3 is 5.97 Å². The first kappa shape index (κ1) is 17.7. The van der Waals surface area contributed by atoms with Crippen LogP contribution in [-0.4, -0.2) is 42.5 Å². The van der Waals surface area contributed by atoms with E-state index in [0.29, 0.717) is 6.61 Å². The zero-order valence-electron chi connectivity index (χ0n) is 12.7. The SMILES string of the molecule is O=C(COC(=O)C1=COCCO1)NNC(=O)c1ccc([N+](=O)[O-])cc1. The second-order valence-electron chi connectivity index (χ2n) is 4.58. The molecule has 0 saturated carbocycles. The Labute approximate surface area is 140 Å². The van der Waals surface area contributed by atoms with Crippen molar-refractivity contribution in [2.45, 2.75) is 0 Å². The van der Waals surface area contributed by atoms with Crippen molar-refractivity contribution in [3.05, 3.63) is 52.0 Å². The molecule has 1 heterocycles. The average Bonchev–Trinajstić information content (AvgIpc) is 2.64. The summed E-state index contributed by atoms with van der Waals surface area (Å²) in [5.41, 5.74) is 4.04. The number of nitro benzene ring substituents is 1. The van der Waals surface area contributed by atoms with E-state index in [-0.39, 0.29) is 23.6 Å². The minimum absolute atomic E-state index is 0.0980. The van der Waals surface area contributed by atoms with Crippen LogP contribution in [0.5, 0.6) is 0 Å². The van der Waals surface area contributed by atoms with Gasteiger partial charge in [-0.05, 0) is 12.1 Å². The zero-order valence-corrected chi connectivity index (χ0v) is 12.7. The summed E-state index contributed by atoms with van der Waals surface area (Å²) in [6.45, 7) is -0.148. The lowest BCUT2D eigenvalue weighted by Crippen LogP contribution is -2.43. The van der Waals surface area contributed by atoms with E-state index in [4.69, 9.17) is 9.47 Å². The standard InChI is InChI=1S/C14H13N3O8/c18-12(8-25-14(20)11-7-23-5-6-24-11)15-16-13(19)9-1-3-10(4-2-9)17(21)22/h1-4,7H,5-6,8H2,(H,15,18)(H,16,19). The molecule has 11 nitrogen and oxygen atoms in total. The van der Waals surface area contributed by atoms with Crippen LogP contribution in [0.2, 0.25) is 0 Å². The van der Waals surface area contributed by atoms with Crippen LogP contribution in [0.1, 0.15) is 10.4 Å². The zero-order chi connectivity index (χ0) is 18.2. The smallest absolute Gasteiger partial charge is 0.377 e. The van der Waals surface area contributed by atoms with Crippen molar-refractivity contribution in [2.24, 2.45) is 0 Å². The van der Waals surface area contributed by atoms with Gasteiger partial charge in [0.1, 0.15) is 19.5 Å². The minimum atomic E-state index is -0.878. The van der Waals surface area contributed by atoms with E-state index in [1.54, 1.807) is 0 Å². The fourth-order valence-electron chi connectivity index (χ4n) is 1.65. The summed E-state index contributed by atoms with van der Waals surface area (Å²) >= 11 is 0. The normalized spacial score (nSPS) is 12.7. The van der Waals surface area contributed by atoms with Crippen molar-refractivity contribution in [3.63, 3.8) is 0 Å². The van der Waals surface area contributed by atoms with Crippen LogP contribution in [0.4, 0.5) is 5.69 Å². The van der Waals surface area contributed by atoms with Crippen LogP contribution in [0, 0.1) is 10.1 Å². The number of rotatable bonds is 5. The van der Waals surface area contributed by atoms with E-state index < -0.39 is 29.3 Å². The molecule has 1 aliphatic heterocycles. The molecule has 2 rings (SSSR count). The summed E-state index contributed by atoms with van der Waals surface area (Å²) in [5.74, 6) is -2.52. The highest BCUT2D eigenvalue weighted by molar-refractivity contribution is 5.96. The number of carbonyl (C=O) groups excluding carboxylic acids is 3. The van der Waals surface area contributed by atoms with E-state index in [9.17, 15) is 24.5 Å². The fourth-order valence-corrected chi connectivity index (χ4v) is 1.65. The van der Waals surface area contributed by atoms with E-state index in [2.05, 4.69) is 10.2 Å². The molecular weight excluding hydrogens is 338 g/mol. The molecule has 0 spiro atoms. The quantitative estimate of drug-likeness (QED) is 0.421. The fraction of sp³-hybridized carbons (Fsp3) is 0.214. The Morgan fingerprint density at radius 3 is 2.48 bits per heavy atom. The van der Waals surface area contributed by atoms with E-state index in [1.807, 2.05) is 5.43 Å². The molecule has 25 heavy (non-hydrogen) atoms. The molecule has 1 aromatic carbocycles. The van der Waals surface area contributed by atoms with E-state index in [1.165, 1.54) is 12.1 Å². The Morgan fingerprint density at radius 1 is 1.16 bits per heavy atom. The molecule has 0 radical (unpaired) electrons. The molecule has 2 N–H and O–H groups in total. The highest BCUT2D eigenvalue weighted by Gasteiger charge is 2.18. The van der Waals surface area contributed by atoms with Crippen LogP contribution in [0.15, 0.2) is 36.3 Å². The molecule has 11 heteroatoms. The molecule has 0 fully saturated rings. The van der Waals surface area contributed by atoms with Gasteiger partial charge in [0.25, 0.3) is 17.5 Å². The number of non-ortho nitro benzene ring substituents is 1. The number of ether oxygens (including phenoxy) is 3. The first-order valence-electron chi connectivity index (χ1n) is 6.92. The van der Waals surface area contributed by atoms with E-state index in [0.717, 1.165) is 18.4 Å². The number of hydrogen-bond acceptors (Lipinski definition) is 8. The Kier molecular flexibility index (Phi) is 5.87. The Hall–Kier alpha value is -3.63. The van der Waals surface area contributed by atoms with Gasteiger partial charge in [-0.2, -0.15) is 0 Å². The molecule has 0 aliphatic carbocycles. The van der Waals surface area contributed by atoms with Crippen molar-refractivity contribution in [1.29, 1.82) is 0 Å². The van der Waals surface area contributed by atoms with Crippen molar-refractivity contribution in [1.82, 2.24) is 10.9 Å². The van der Waals surface area contributed by atoms with Crippen LogP contribution >= 0.6 is 0 Å². The Morgan fingerprint density at radius 2 is 1.88 bits per heavy atom. The summed E-state index contributed by atoms with van der Waals surface area (Å²) in [7, 11) is 0. The molecule has 0 saturated heterocycles. The molecule has 0 aromatic heterocycles. The maximum absolute atomic E-state index is 11.8.